The maximum absolute atomic E-state index is 11.7. The summed E-state index contributed by atoms with van der Waals surface area (Å²) in [5, 5.41) is 0.847. The van der Waals surface area contributed by atoms with Crippen LogP contribution in [0.1, 0.15) is 22.8 Å². The zero-order valence-corrected chi connectivity index (χ0v) is 13.2. The van der Waals surface area contributed by atoms with E-state index in [2.05, 4.69) is 28.8 Å². The predicted octanol–water partition coefficient (Wildman–Crippen LogP) is 3.91. The highest BCUT2D eigenvalue weighted by molar-refractivity contribution is 6.08. The van der Waals surface area contributed by atoms with Crippen LogP contribution in [0, 0.1) is 6.92 Å². The molecule has 0 bridgehead atoms. The minimum atomic E-state index is -0.451. The Morgan fingerprint density at radius 1 is 1.00 bits per heavy atom. The number of aromatic nitrogens is 1. The molecule has 0 spiro atoms. The average Bonchev–Trinajstić information content (AvgIpc) is 2.98. The summed E-state index contributed by atoms with van der Waals surface area (Å²) < 4.78 is 4.67. The molecule has 0 amide bonds. The van der Waals surface area contributed by atoms with Gasteiger partial charge in [0.15, 0.2) is 6.61 Å². The molecule has 3 rings (SSSR count). The summed E-state index contributed by atoms with van der Waals surface area (Å²) in [6.45, 7) is 3.15. The van der Waals surface area contributed by atoms with Gasteiger partial charge in [-0.2, -0.15) is 0 Å². The minimum Gasteiger partial charge on any atom is -0.457 e. The summed E-state index contributed by atoms with van der Waals surface area (Å²) in [7, 11) is 0. The maximum Gasteiger partial charge on any atom is 0.303 e. The number of carbonyl (C=O) groups excluding carboxylic acids is 2. The fourth-order valence-electron chi connectivity index (χ4n) is 2.08. The summed E-state index contributed by atoms with van der Waals surface area (Å²) in [6.07, 6.45) is 1.64. The molecule has 23 heavy (non-hydrogen) atoms. The second-order valence-corrected chi connectivity index (χ2v) is 5.11. The van der Waals surface area contributed by atoms with Gasteiger partial charge in [-0.1, -0.05) is 54.1 Å². The third-order valence-electron chi connectivity index (χ3n) is 3.24. The Hall–Kier alpha value is -2.88. The predicted molar refractivity (Wildman–Crippen MR) is 90.4 cm³/mol. The van der Waals surface area contributed by atoms with Crippen molar-refractivity contribution in [3.8, 4) is 0 Å². The highest BCUT2D eigenvalue weighted by Crippen LogP contribution is 2.18. The molecule has 0 radical (unpaired) electrons. The third-order valence-corrected chi connectivity index (χ3v) is 3.24. The largest absolute Gasteiger partial charge is 0.457 e. The van der Waals surface area contributed by atoms with Gasteiger partial charge in [-0.3, -0.25) is 9.59 Å². The number of esters is 1. The van der Waals surface area contributed by atoms with Crippen LogP contribution in [0.3, 0.4) is 0 Å². The lowest BCUT2D eigenvalue weighted by Gasteiger charge is -1.99. The second kappa shape index (κ2) is 7.94. The van der Waals surface area contributed by atoms with Gasteiger partial charge in [0.25, 0.3) is 0 Å². The van der Waals surface area contributed by atoms with Gasteiger partial charge in [0.05, 0.1) is 0 Å². The van der Waals surface area contributed by atoms with Gasteiger partial charge in [-0.05, 0) is 13.0 Å². The van der Waals surface area contributed by atoms with Gasteiger partial charge in [-0.25, -0.2) is 0 Å². The lowest BCUT2D eigenvalue weighted by molar-refractivity contribution is -0.139. The topological polar surface area (TPSA) is 59.2 Å². The number of benzene rings is 2. The monoisotopic (exact) mass is 309 g/mol. The number of para-hydroxylation sites is 1. The SMILES string of the molecule is CC(=O)OCC(=O)c1c[nH]c2ccccc12.Cc1ccccc1. The van der Waals surface area contributed by atoms with Crippen molar-refractivity contribution in [2.75, 3.05) is 6.61 Å². The van der Waals surface area contributed by atoms with E-state index in [0.29, 0.717) is 5.56 Å². The molecule has 0 unspecified atom stereocenters. The van der Waals surface area contributed by atoms with Gasteiger partial charge in [0.2, 0.25) is 5.78 Å². The van der Waals surface area contributed by atoms with Crippen LogP contribution >= 0.6 is 0 Å². The molecule has 4 nitrogen and oxygen atoms in total. The molecule has 1 N–H and O–H groups in total. The minimum absolute atomic E-state index is 0.201. The number of rotatable bonds is 3. The van der Waals surface area contributed by atoms with Crippen molar-refractivity contribution in [1.29, 1.82) is 0 Å². The van der Waals surface area contributed by atoms with Gasteiger partial charge in [0, 0.05) is 29.6 Å². The molecule has 0 fully saturated rings. The van der Waals surface area contributed by atoms with Crippen molar-refractivity contribution in [3.63, 3.8) is 0 Å². The summed E-state index contributed by atoms with van der Waals surface area (Å²) >= 11 is 0. The third kappa shape index (κ3) is 4.81. The van der Waals surface area contributed by atoms with Crippen molar-refractivity contribution in [2.45, 2.75) is 13.8 Å². The highest BCUT2D eigenvalue weighted by atomic mass is 16.5. The van der Waals surface area contributed by atoms with E-state index in [1.165, 1.54) is 12.5 Å². The van der Waals surface area contributed by atoms with Gasteiger partial charge < -0.3 is 9.72 Å². The smallest absolute Gasteiger partial charge is 0.303 e. The van der Waals surface area contributed by atoms with Crippen molar-refractivity contribution >= 4 is 22.7 Å². The quantitative estimate of drug-likeness (QED) is 0.589. The first-order valence-electron chi connectivity index (χ1n) is 7.32. The molecule has 3 aromatic rings. The number of ether oxygens (including phenoxy) is 1. The van der Waals surface area contributed by atoms with E-state index in [1.54, 1.807) is 6.20 Å². The van der Waals surface area contributed by atoms with Crippen LogP contribution in [-0.4, -0.2) is 23.3 Å². The lowest BCUT2D eigenvalue weighted by atomic mass is 10.1. The molecule has 0 aliphatic rings. The van der Waals surface area contributed by atoms with Crippen molar-refractivity contribution < 1.29 is 14.3 Å². The van der Waals surface area contributed by atoms with E-state index in [9.17, 15) is 9.59 Å². The second-order valence-electron chi connectivity index (χ2n) is 5.11. The van der Waals surface area contributed by atoms with Crippen LogP contribution < -0.4 is 0 Å². The molecule has 4 heteroatoms. The molecule has 1 heterocycles. The first-order chi connectivity index (χ1) is 11.1. The van der Waals surface area contributed by atoms with Gasteiger partial charge in [-0.15, -0.1) is 0 Å². The fraction of sp³-hybridized carbons (Fsp3) is 0.158. The Kier molecular flexibility index (Phi) is 5.69. The first kappa shape index (κ1) is 16.5. The molecule has 1 aromatic heterocycles. The Balaban J connectivity index is 0.000000229. The van der Waals surface area contributed by atoms with Gasteiger partial charge in [0.1, 0.15) is 0 Å². The number of aromatic amines is 1. The van der Waals surface area contributed by atoms with Crippen LogP contribution in [0.4, 0.5) is 0 Å². The summed E-state index contributed by atoms with van der Waals surface area (Å²) in [5.74, 6) is -0.652. The van der Waals surface area contributed by atoms with Crippen molar-refractivity contribution in [3.05, 3.63) is 71.9 Å². The molecular formula is C19H19NO3. The normalized spacial score (nSPS) is 9.83. The van der Waals surface area contributed by atoms with E-state index >= 15 is 0 Å². The fourth-order valence-corrected chi connectivity index (χ4v) is 2.08. The van der Waals surface area contributed by atoms with Crippen molar-refractivity contribution in [2.24, 2.45) is 0 Å². The lowest BCUT2D eigenvalue weighted by Crippen LogP contribution is -2.11. The molecule has 0 saturated heterocycles. The molecule has 0 aliphatic heterocycles. The number of nitrogens with one attached hydrogen (secondary N) is 1. The molecule has 118 valence electrons. The molecule has 0 saturated carbocycles. The molecule has 0 atom stereocenters. The average molecular weight is 309 g/mol. The van der Waals surface area contributed by atoms with E-state index < -0.39 is 5.97 Å². The molecule has 0 aliphatic carbocycles. The van der Waals surface area contributed by atoms with Crippen LogP contribution in [0.5, 0.6) is 0 Å². The standard InChI is InChI=1S/C12H11NO3.C7H8/c1-8(14)16-7-12(15)10-6-13-11-5-3-2-4-9(10)11;1-7-5-3-2-4-6-7/h2-6,13H,7H2,1H3;2-6H,1H3. The molecular weight excluding hydrogens is 290 g/mol. The zero-order chi connectivity index (χ0) is 16.7. The van der Waals surface area contributed by atoms with Crippen LogP contribution in [0.15, 0.2) is 60.8 Å². The Labute approximate surface area is 135 Å². The number of aryl methyl sites for hydroxylation is 1. The highest BCUT2D eigenvalue weighted by Gasteiger charge is 2.12. The Morgan fingerprint density at radius 3 is 2.26 bits per heavy atom. The number of ketones is 1. The van der Waals surface area contributed by atoms with Gasteiger partial charge >= 0.3 is 5.97 Å². The first-order valence-corrected chi connectivity index (χ1v) is 7.32. The summed E-state index contributed by atoms with van der Waals surface area (Å²) in [5.41, 5.74) is 2.77. The number of hydrogen-bond donors (Lipinski definition) is 1. The Morgan fingerprint density at radius 2 is 1.65 bits per heavy atom. The number of hydrogen-bond acceptors (Lipinski definition) is 3. The van der Waals surface area contributed by atoms with E-state index in [0.717, 1.165) is 10.9 Å². The van der Waals surface area contributed by atoms with E-state index in [4.69, 9.17) is 0 Å². The Bertz CT molecular complexity index is 790. The molecule has 2 aromatic carbocycles. The summed E-state index contributed by atoms with van der Waals surface area (Å²) in [4.78, 5) is 25.3. The van der Waals surface area contributed by atoms with Crippen molar-refractivity contribution in [1.82, 2.24) is 4.98 Å². The number of H-pyrrole nitrogens is 1. The number of carbonyl (C=O) groups is 2. The van der Waals surface area contributed by atoms with Crippen LogP contribution in [0.2, 0.25) is 0 Å². The van der Waals surface area contributed by atoms with E-state index in [-0.39, 0.29) is 12.4 Å². The zero-order valence-electron chi connectivity index (χ0n) is 13.2. The number of Topliss-reactive ketones (excluding diaryl/α,β-unsaturated/α-hetero) is 1. The van der Waals surface area contributed by atoms with Crippen LogP contribution in [0.25, 0.3) is 10.9 Å². The van der Waals surface area contributed by atoms with E-state index in [1.807, 2.05) is 42.5 Å². The maximum atomic E-state index is 11.7. The summed E-state index contributed by atoms with van der Waals surface area (Å²) in [6, 6.07) is 17.8. The number of fused-ring (bicyclic) bond motifs is 1. The van der Waals surface area contributed by atoms with Crippen LogP contribution in [-0.2, 0) is 9.53 Å².